The molecule has 0 aliphatic rings. The SMILES string of the molecule is C=C(C)CC.[H-].[K+]. The summed E-state index contributed by atoms with van der Waals surface area (Å²) in [6, 6.07) is 0. The third kappa shape index (κ3) is 9.03. The Balaban J connectivity index is -0.0000000800. The molecule has 0 radical (unpaired) electrons. The van der Waals surface area contributed by atoms with Crippen LogP contribution in [0.5, 0.6) is 0 Å². The summed E-state index contributed by atoms with van der Waals surface area (Å²) < 4.78 is 0. The van der Waals surface area contributed by atoms with Crippen LogP contribution in [0, 0.1) is 0 Å². The van der Waals surface area contributed by atoms with E-state index in [2.05, 4.69) is 13.5 Å². The number of rotatable bonds is 1. The van der Waals surface area contributed by atoms with E-state index in [-0.39, 0.29) is 52.8 Å². The fraction of sp³-hybridized carbons (Fsp3) is 0.600. The number of hydrogen-bond donors (Lipinski definition) is 0. The Morgan fingerprint density at radius 1 is 1.83 bits per heavy atom. The molecule has 0 unspecified atom stereocenters. The predicted octanol–water partition coefficient (Wildman–Crippen LogP) is -0.911. The van der Waals surface area contributed by atoms with Crippen molar-refractivity contribution in [3.8, 4) is 0 Å². The Hall–Kier alpha value is 1.38. The van der Waals surface area contributed by atoms with Crippen LogP contribution in [0.1, 0.15) is 21.7 Å². The Morgan fingerprint density at radius 3 is 2.00 bits per heavy atom. The summed E-state index contributed by atoms with van der Waals surface area (Å²) >= 11 is 0. The molecule has 0 atom stereocenters. The summed E-state index contributed by atoms with van der Waals surface area (Å²) in [5.74, 6) is 0. The summed E-state index contributed by atoms with van der Waals surface area (Å²) in [6.07, 6.45) is 1.11. The van der Waals surface area contributed by atoms with Gasteiger partial charge in [0.1, 0.15) is 0 Å². The summed E-state index contributed by atoms with van der Waals surface area (Å²) in [7, 11) is 0. The van der Waals surface area contributed by atoms with E-state index >= 15 is 0 Å². The van der Waals surface area contributed by atoms with Crippen LogP contribution in [0.2, 0.25) is 0 Å². The topological polar surface area (TPSA) is 0 Å². The van der Waals surface area contributed by atoms with Crippen molar-refractivity contribution in [3.05, 3.63) is 12.2 Å². The van der Waals surface area contributed by atoms with Crippen LogP contribution in [0.15, 0.2) is 12.2 Å². The molecule has 6 heavy (non-hydrogen) atoms. The monoisotopic (exact) mass is 110 g/mol. The second kappa shape index (κ2) is 6.38. The van der Waals surface area contributed by atoms with Gasteiger partial charge < -0.3 is 1.43 Å². The van der Waals surface area contributed by atoms with Crippen molar-refractivity contribution in [1.82, 2.24) is 0 Å². The van der Waals surface area contributed by atoms with Crippen LogP contribution in [-0.2, 0) is 0 Å². The van der Waals surface area contributed by atoms with E-state index in [4.69, 9.17) is 0 Å². The summed E-state index contributed by atoms with van der Waals surface area (Å²) in [5, 5.41) is 0. The molecule has 0 amide bonds. The number of hydrogen-bond acceptors (Lipinski definition) is 0. The van der Waals surface area contributed by atoms with E-state index in [1.54, 1.807) is 0 Å². The third-order valence-electron chi connectivity index (χ3n) is 0.604. The standard InChI is InChI=1S/C5H10.K.H/c1-4-5(2)3;;/h2,4H2,1,3H3;;/q;+1;-1. The molecule has 0 aromatic rings. The largest absolute Gasteiger partial charge is 1.00 e. The van der Waals surface area contributed by atoms with E-state index in [0.717, 1.165) is 6.42 Å². The zero-order chi connectivity index (χ0) is 4.28. The van der Waals surface area contributed by atoms with Crippen molar-refractivity contribution in [2.45, 2.75) is 20.3 Å². The first-order valence-electron chi connectivity index (χ1n) is 1.91. The molecule has 0 bridgehead atoms. The van der Waals surface area contributed by atoms with E-state index in [1.165, 1.54) is 5.57 Å². The molecule has 0 heterocycles. The normalized spacial score (nSPS) is 6.33. The van der Waals surface area contributed by atoms with Gasteiger partial charge in [0.2, 0.25) is 0 Å². The maximum atomic E-state index is 3.67. The Morgan fingerprint density at radius 2 is 2.00 bits per heavy atom. The summed E-state index contributed by atoms with van der Waals surface area (Å²) in [6.45, 7) is 7.80. The van der Waals surface area contributed by atoms with Crippen molar-refractivity contribution in [2.75, 3.05) is 0 Å². The van der Waals surface area contributed by atoms with Gasteiger partial charge in [-0.3, -0.25) is 0 Å². The molecule has 32 valence electrons. The van der Waals surface area contributed by atoms with E-state index in [1.807, 2.05) is 6.92 Å². The van der Waals surface area contributed by atoms with Crippen molar-refractivity contribution >= 4 is 0 Å². The van der Waals surface area contributed by atoms with Crippen molar-refractivity contribution in [1.29, 1.82) is 0 Å². The zero-order valence-corrected chi connectivity index (χ0v) is 8.04. The molecule has 0 aromatic heterocycles. The van der Waals surface area contributed by atoms with Gasteiger partial charge in [-0.2, -0.15) is 0 Å². The Kier molecular flexibility index (Phi) is 11.0. The van der Waals surface area contributed by atoms with Crippen LogP contribution in [0.4, 0.5) is 0 Å². The second-order valence-electron chi connectivity index (χ2n) is 1.31. The molecule has 1 heteroatoms. The van der Waals surface area contributed by atoms with Gasteiger partial charge in [0, 0.05) is 0 Å². The molecular formula is C5H11K. The number of allylic oxidation sites excluding steroid dienone is 1. The first-order chi connectivity index (χ1) is 2.27. The van der Waals surface area contributed by atoms with Crippen molar-refractivity contribution < 1.29 is 52.8 Å². The molecule has 0 aliphatic heterocycles. The van der Waals surface area contributed by atoms with Crippen molar-refractivity contribution in [2.24, 2.45) is 0 Å². The van der Waals surface area contributed by atoms with E-state index in [0.29, 0.717) is 0 Å². The van der Waals surface area contributed by atoms with Crippen molar-refractivity contribution in [3.63, 3.8) is 0 Å². The minimum absolute atomic E-state index is 0. The van der Waals surface area contributed by atoms with E-state index < -0.39 is 0 Å². The summed E-state index contributed by atoms with van der Waals surface area (Å²) in [4.78, 5) is 0. The first kappa shape index (κ1) is 10.4. The van der Waals surface area contributed by atoms with Crippen LogP contribution in [-0.4, -0.2) is 0 Å². The molecular weight excluding hydrogens is 99.2 g/mol. The van der Waals surface area contributed by atoms with Gasteiger partial charge in [0.25, 0.3) is 0 Å². The third-order valence-corrected chi connectivity index (χ3v) is 0.604. The van der Waals surface area contributed by atoms with Crippen LogP contribution in [0.3, 0.4) is 0 Å². The maximum absolute atomic E-state index is 3.67. The smallest absolute Gasteiger partial charge is 1.00 e. The molecule has 0 aromatic carbocycles. The minimum Gasteiger partial charge on any atom is -1.00 e. The Labute approximate surface area is 83.9 Å². The zero-order valence-electron chi connectivity index (χ0n) is 5.91. The van der Waals surface area contributed by atoms with Crippen LogP contribution >= 0.6 is 0 Å². The minimum atomic E-state index is 0. The van der Waals surface area contributed by atoms with Gasteiger partial charge in [-0.1, -0.05) is 12.5 Å². The van der Waals surface area contributed by atoms with Crippen LogP contribution in [0.25, 0.3) is 0 Å². The Bertz CT molecular complexity index is 43.3. The predicted molar refractivity (Wildman–Crippen MR) is 26.2 cm³/mol. The maximum Gasteiger partial charge on any atom is 1.00 e. The van der Waals surface area contributed by atoms with Gasteiger partial charge >= 0.3 is 51.4 Å². The molecule has 0 aliphatic carbocycles. The van der Waals surface area contributed by atoms with Crippen LogP contribution < -0.4 is 51.4 Å². The fourth-order valence-corrected chi connectivity index (χ4v) is 0. The molecule has 0 fully saturated rings. The molecule has 0 N–H and O–H groups in total. The van der Waals surface area contributed by atoms with Gasteiger partial charge in [0.15, 0.2) is 0 Å². The van der Waals surface area contributed by atoms with Gasteiger partial charge in [-0.25, -0.2) is 0 Å². The molecule has 0 saturated carbocycles. The summed E-state index contributed by atoms with van der Waals surface area (Å²) in [5.41, 5.74) is 1.25. The molecule has 0 rings (SSSR count). The van der Waals surface area contributed by atoms with Gasteiger partial charge in [0.05, 0.1) is 0 Å². The molecule has 0 nitrogen and oxygen atoms in total. The molecule has 0 saturated heterocycles. The average Bonchev–Trinajstić information content (AvgIpc) is 1.38. The van der Waals surface area contributed by atoms with Gasteiger partial charge in [-0.05, 0) is 13.3 Å². The first-order valence-corrected chi connectivity index (χ1v) is 1.91. The molecule has 0 spiro atoms. The average molecular weight is 110 g/mol. The quantitative estimate of drug-likeness (QED) is 0.303. The second-order valence-corrected chi connectivity index (χ2v) is 1.31. The van der Waals surface area contributed by atoms with E-state index in [9.17, 15) is 0 Å². The fourth-order valence-electron chi connectivity index (χ4n) is 0. The van der Waals surface area contributed by atoms with Gasteiger partial charge in [-0.15, -0.1) is 6.58 Å².